The van der Waals surface area contributed by atoms with E-state index >= 15 is 0 Å². The van der Waals surface area contributed by atoms with Gasteiger partial charge in [0.25, 0.3) is 0 Å². The molecule has 1 aromatic heterocycles. The quantitative estimate of drug-likeness (QED) is 0.580. The Morgan fingerprint density at radius 3 is 2.29 bits per heavy atom. The van der Waals surface area contributed by atoms with E-state index in [1.54, 1.807) is 18.4 Å². The van der Waals surface area contributed by atoms with Crippen molar-refractivity contribution < 1.29 is 18.8 Å². The van der Waals surface area contributed by atoms with Crippen molar-refractivity contribution in [3.63, 3.8) is 0 Å². The Bertz CT molecular complexity index is 1020. The molecule has 1 saturated heterocycles. The van der Waals surface area contributed by atoms with Crippen LogP contribution < -0.4 is 5.32 Å². The predicted octanol–water partition coefficient (Wildman–Crippen LogP) is 2.56. The van der Waals surface area contributed by atoms with Crippen LogP contribution in [0, 0.1) is 35.5 Å². The van der Waals surface area contributed by atoms with E-state index in [2.05, 4.69) is 17.5 Å². The zero-order valence-electron chi connectivity index (χ0n) is 17.0. The number of benzene rings is 1. The number of rotatable bonds is 6. The molecule has 2 heterocycles. The molecule has 0 radical (unpaired) electrons. The van der Waals surface area contributed by atoms with Crippen molar-refractivity contribution in [2.24, 2.45) is 35.5 Å². The van der Waals surface area contributed by atoms with E-state index < -0.39 is 6.04 Å². The molecule has 0 unspecified atom stereocenters. The first-order valence-corrected chi connectivity index (χ1v) is 11.0. The Labute approximate surface area is 180 Å². The van der Waals surface area contributed by atoms with Gasteiger partial charge in [-0.3, -0.25) is 19.3 Å². The van der Waals surface area contributed by atoms with Crippen LogP contribution >= 0.6 is 0 Å². The number of likely N-dealkylation sites (tertiary alicyclic amines) is 1. The number of carbonyl (C=O) groups excluding carboxylic acids is 3. The number of carbonyl (C=O) groups is 3. The molecule has 6 nitrogen and oxygen atoms in total. The molecular weight excluding hydrogens is 392 g/mol. The fourth-order valence-electron chi connectivity index (χ4n) is 6.13. The molecule has 31 heavy (non-hydrogen) atoms. The van der Waals surface area contributed by atoms with Gasteiger partial charge in [-0.15, -0.1) is 0 Å². The van der Waals surface area contributed by atoms with Crippen LogP contribution in [0.2, 0.25) is 0 Å². The zero-order valence-corrected chi connectivity index (χ0v) is 17.0. The number of imide groups is 1. The maximum atomic E-state index is 13.5. The second kappa shape index (κ2) is 6.94. The summed E-state index contributed by atoms with van der Waals surface area (Å²) in [6.07, 6.45) is 7.27. The highest BCUT2D eigenvalue weighted by atomic mass is 16.3. The maximum Gasteiger partial charge on any atom is 0.244 e. The van der Waals surface area contributed by atoms with Gasteiger partial charge < -0.3 is 9.73 Å². The van der Waals surface area contributed by atoms with Crippen molar-refractivity contribution in [2.75, 3.05) is 0 Å². The third kappa shape index (κ3) is 2.88. The molecule has 3 fully saturated rings. The van der Waals surface area contributed by atoms with Gasteiger partial charge in [-0.05, 0) is 47.8 Å². The van der Waals surface area contributed by atoms with Crippen molar-refractivity contribution >= 4 is 17.7 Å². The highest BCUT2D eigenvalue weighted by molar-refractivity contribution is 6.09. The summed E-state index contributed by atoms with van der Waals surface area (Å²) in [5.41, 5.74) is 0.917. The van der Waals surface area contributed by atoms with Gasteiger partial charge in [0.2, 0.25) is 17.7 Å². The molecule has 6 heteroatoms. The first-order chi connectivity index (χ1) is 15.1. The normalized spacial score (nSPS) is 33.2. The van der Waals surface area contributed by atoms with Crippen LogP contribution in [0.15, 0.2) is 65.3 Å². The maximum absolute atomic E-state index is 13.5. The van der Waals surface area contributed by atoms with E-state index in [4.69, 9.17) is 4.42 Å². The van der Waals surface area contributed by atoms with Gasteiger partial charge in [-0.2, -0.15) is 0 Å². The molecular formula is C25H24N2O4. The van der Waals surface area contributed by atoms with Gasteiger partial charge >= 0.3 is 0 Å². The minimum atomic E-state index is -0.862. The lowest BCUT2D eigenvalue weighted by Crippen LogP contribution is -2.51. The monoisotopic (exact) mass is 416 g/mol. The molecule has 0 spiro atoms. The molecule has 2 saturated carbocycles. The van der Waals surface area contributed by atoms with E-state index in [-0.39, 0.29) is 47.9 Å². The standard InChI is InChI=1S/C25H24N2O4/c28-23(26-13-15-7-4-10-31-15)20(11-14-5-2-1-3-6-14)27-24(29)21-16-8-9-17(19-12-18(16)19)22(21)25(27)30/h1-10,16-22H,11-13H2,(H,26,28)/t16-,17-,18-,19+,20-,21+,22-/m1/s1. The van der Waals surface area contributed by atoms with E-state index in [1.807, 2.05) is 30.3 Å². The van der Waals surface area contributed by atoms with Crippen molar-refractivity contribution in [1.29, 1.82) is 0 Å². The summed E-state index contributed by atoms with van der Waals surface area (Å²) in [6, 6.07) is 12.2. The first kappa shape index (κ1) is 18.6. The number of nitrogens with zero attached hydrogens (tertiary/aromatic N) is 1. The van der Waals surface area contributed by atoms with Gasteiger partial charge in [-0.1, -0.05) is 42.5 Å². The number of allylic oxidation sites excluding steroid dienone is 2. The lowest BCUT2D eigenvalue weighted by atomic mass is 9.63. The Balaban J connectivity index is 1.30. The Morgan fingerprint density at radius 1 is 1.00 bits per heavy atom. The number of nitrogens with one attached hydrogen (secondary N) is 1. The fraction of sp³-hybridized carbons (Fsp3) is 0.400. The van der Waals surface area contributed by atoms with Gasteiger partial charge in [0.05, 0.1) is 24.6 Å². The molecule has 7 rings (SSSR count). The highest BCUT2D eigenvalue weighted by Gasteiger charge is 2.67. The summed E-state index contributed by atoms with van der Waals surface area (Å²) >= 11 is 0. The van der Waals surface area contributed by atoms with E-state index in [0.29, 0.717) is 24.0 Å². The molecule has 7 atom stereocenters. The largest absolute Gasteiger partial charge is 0.467 e. The van der Waals surface area contributed by atoms with Crippen LogP contribution in [-0.2, 0) is 27.3 Å². The minimum absolute atomic E-state index is 0.144. The van der Waals surface area contributed by atoms with Gasteiger partial charge in [0, 0.05) is 6.42 Å². The van der Waals surface area contributed by atoms with Crippen molar-refractivity contribution in [3.05, 3.63) is 72.2 Å². The Kier molecular flexibility index (Phi) is 4.16. The van der Waals surface area contributed by atoms with Crippen molar-refractivity contribution in [1.82, 2.24) is 10.2 Å². The highest BCUT2D eigenvalue weighted by Crippen LogP contribution is 2.65. The summed E-state index contributed by atoms with van der Waals surface area (Å²) in [5.74, 6) is 0.705. The minimum Gasteiger partial charge on any atom is -0.467 e. The second-order valence-electron chi connectivity index (χ2n) is 9.20. The van der Waals surface area contributed by atoms with Crippen LogP contribution in [0.1, 0.15) is 17.7 Å². The molecule has 2 aromatic rings. The molecule has 1 aliphatic heterocycles. The summed E-state index contributed by atoms with van der Waals surface area (Å²) in [6.45, 7) is 0.219. The first-order valence-electron chi connectivity index (χ1n) is 11.0. The van der Waals surface area contributed by atoms with Crippen LogP contribution in [0.25, 0.3) is 0 Å². The SMILES string of the molecule is O=C(NCc1ccco1)[C@@H](Cc1ccccc1)N1C(=O)[C@@H]2[C@@H]3C=C[C@H]([C@H]4C[C@@H]34)[C@@H]2C1=O. The summed E-state index contributed by atoms with van der Waals surface area (Å²) in [7, 11) is 0. The summed E-state index contributed by atoms with van der Waals surface area (Å²) in [4.78, 5) is 41.6. The van der Waals surface area contributed by atoms with Gasteiger partial charge in [-0.25, -0.2) is 0 Å². The predicted molar refractivity (Wildman–Crippen MR) is 111 cm³/mol. The molecule has 1 N–H and O–H groups in total. The summed E-state index contributed by atoms with van der Waals surface area (Å²) in [5, 5.41) is 2.87. The number of hydrogen-bond donors (Lipinski definition) is 1. The third-order valence-electron chi connectivity index (χ3n) is 7.60. The smallest absolute Gasteiger partial charge is 0.244 e. The third-order valence-corrected chi connectivity index (χ3v) is 7.60. The molecule has 3 amide bonds. The average Bonchev–Trinajstić information content (AvgIpc) is 3.38. The lowest BCUT2D eigenvalue weighted by molar-refractivity contribution is -0.148. The van der Waals surface area contributed by atoms with Crippen LogP contribution in [-0.4, -0.2) is 28.7 Å². The molecule has 4 aliphatic carbocycles. The average molecular weight is 416 g/mol. The second-order valence-corrected chi connectivity index (χ2v) is 9.20. The van der Waals surface area contributed by atoms with Crippen molar-refractivity contribution in [2.45, 2.75) is 25.4 Å². The zero-order chi connectivity index (χ0) is 21.1. The van der Waals surface area contributed by atoms with Crippen molar-refractivity contribution in [3.8, 4) is 0 Å². The number of furan rings is 1. The van der Waals surface area contributed by atoms with E-state index in [0.717, 1.165) is 12.0 Å². The summed E-state index contributed by atoms with van der Waals surface area (Å²) < 4.78 is 5.31. The lowest BCUT2D eigenvalue weighted by Gasteiger charge is -2.37. The molecule has 2 bridgehead atoms. The van der Waals surface area contributed by atoms with Crippen LogP contribution in [0.4, 0.5) is 0 Å². The van der Waals surface area contributed by atoms with Crippen LogP contribution in [0.5, 0.6) is 0 Å². The molecule has 158 valence electrons. The fourth-order valence-corrected chi connectivity index (χ4v) is 6.13. The Hall–Kier alpha value is -3.15. The molecule has 1 aromatic carbocycles. The molecule has 5 aliphatic rings. The van der Waals surface area contributed by atoms with Gasteiger partial charge in [0.15, 0.2) is 0 Å². The van der Waals surface area contributed by atoms with E-state index in [1.165, 1.54) is 4.90 Å². The number of amides is 3. The Morgan fingerprint density at radius 2 is 1.68 bits per heavy atom. The van der Waals surface area contributed by atoms with Gasteiger partial charge in [0.1, 0.15) is 11.8 Å². The number of hydrogen-bond acceptors (Lipinski definition) is 4. The van der Waals surface area contributed by atoms with Crippen LogP contribution in [0.3, 0.4) is 0 Å². The van der Waals surface area contributed by atoms with E-state index in [9.17, 15) is 14.4 Å². The topological polar surface area (TPSA) is 79.6 Å².